The molecular weight excluding hydrogens is 499 g/mol. The first-order chi connectivity index (χ1) is 15.7. The van der Waals surface area contributed by atoms with Crippen LogP contribution in [0.2, 0.25) is 0 Å². The average Bonchev–Trinajstić information content (AvgIpc) is 3.25. The third-order valence-corrected chi connectivity index (χ3v) is 7.36. The van der Waals surface area contributed by atoms with Gasteiger partial charge in [0.1, 0.15) is 5.76 Å². The van der Waals surface area contributed by atoms with Crippen LogP contribution < -0.4 is 5.32 Å². The van der Waals surface area contributed by atoms with Crippen molar-refractivity contribution >= 4 is 48.0 Å². The average molecular weight is 527 g/mol. The van der Waals surface area contributed by atoms with E-state index in [1.807, 2.05) is 4.90 Å². The molecule has 0 radical (unpaired) electrons. The van der Waals surface area contributed by atoms with Crippen LogP contribution in [0, 0.1) is 11.8 Å². The molecule has 0 aromatic heterocycles. The summed E-state index contributed by atoms with van der Waals surface area (Å²) in [5.41, 5.74) is -1.76. The number of nitrogens with zero attached hydrogens (tertiary/aromatic N) is 1. The highest BCUT2D eigenvalue weighted by Gasteiger charge is 2.56. The summed E-state index contributed by atoms with van der Waals surface area (Å²) in [6, 6.07) is 3.21. The quantitative estimate of drug-likeness (QED) is 0.377. The minimum absolute atomic E-state index is 0. The van der Waals surface area contributed by atoms with Crippen molar-refractivity contribution in [1.29, 1.82) is 0 Å². The van der Waals surface area contributed by atoms with Crippen LogP contribution >= 0.6 is 24.8 Å². The highest BCUT2D eigenvalue weighted by atomic mass is 35.5. The Morgan fingerprint density at radius 1 is 1.09 bits per heavy atom. The number of amides is 1. The summed E-state index contributed by atoms with van der Waals surface area (Å²) in [5, 5.41) is 45.3. The molecule has 0 bridgehead atoms. The van der Waals surface area contributed by atoms with Crippen LogP contribution in [0.15, 0.2) is 35.3 Å². The van der Waals surface area contributed by atoms with Gasteiger partial charge in [-0.25, -0.2) is 0 Å². The predicted molar refractivity (Wildman–Crippen MR) is 131 cm³/mol. The van der Waals surface area contributed by atoms with Gasteiger partial charge in [0.25, 0.3) is 0 Å². The number of hydrogen-bond donors (Lipinski definition) is 5. The van der Waals surface area contributed by atoms with Crippen molar-refractivity contribution in [1.82, 2.24) is 4.90 Å². The van der Waals surface area contributed by atoms with Gasteiger partial charge in [-0.15, -0.1) is 24.8 Å². The summed E-state index contributed by atoms with van der Waals surface area (Å²) in [7, 11) is 0. The molecule has 190 valence electrons. The number of aliphatic hydroxyl groups excluding tert-OH is 2. The fourth-order valence-electron chi connectivity index (χ4n) is 5.71. The summed E-state index contributed by atoms with van der Waals surface area (Å²) in [6.45, 7) is 1.87. The Morgan fingerprint density at radius 2 is 1.77 bits per heavy atom. The second-order valence-corrected chi connectivity index (χ2v) is 9.42. The molecule has 1 amide bonds. The molecule has 1 fully saturated rings. The number of aliphatic hydroxyl groups is 3. The number of hydrogen-bond acceptors (Lipinski definition) is 8. The van der Waals surface area contributed by atoms with E-state index < -0.39 is 40.5 Å². The highest BCUT2D eigenvalue weighted by molar-refractivity contribution is 6.16. The number of allylic oxidation sites excluding steroid dienone is 2. The molecule has 1 aromatic rings. The molecule has 1 aromatic carbocycles. The molecule has 3 aliphatic carbocycles. The Balaban J connectivity index is 0.00000171. The molecule has 4 aliphatic rings. The third-order valence-electron chi connectivity index (χ3n) is 7.36. The number of fused-ring (bicyclic) bond motifs is 3. The van der Waals surface area contributed by atoms with Gasteiger partial charge in [0.15, 0.2) is 22.9 Å². The standard InChI is InChI=1S/C24H26N2O7.2ClH/c27-15-9-14-8-13-7-12-3-4-16(25-18(29)11-26-5-1-2-6-26)21(30)19(12)22(31)20(13)23(32)24(14,33)17(28)10-15;;/h3-4,10,13-14,27,30,32-33H,1-2,5-9,11H2,(H,25,29);2*1H. The lowest BCUT2D eigenvalue weighted by molar-refractivity contribution is -0.141. The van der Waals surface area contributed by atoms with Crippen LogP contribution in [-0.4, -0.2) is 68.0 Å². The second kappa shape index (κ2) is 9.81. The van der Waals surface area contributed by atoms with Crippen molar-refractivity contribution in [3.05, 3.63) is 46.4 Å². The number of anilines is 1. The van der Waals surface area contributed by atoms with Gasteiger partial charge in [0.2, 0.25) is 5.91 Å². The Morgan fingerprint density at radius 3 is 2.46 bits per heavy atom. The van der Waals surface area contributed by atoms with Gasteiger partial charge in [-0.2, -0.15) is 0 Å². The number of rotatable bonds is 3. The van der Waals surface area contributed by atoms with Gasteiger partial charge < -0.3 is 25.7 Å². The van der Waals surface area contributed by atoms with Crippen molar-refractivity contribution in [3.63, 3.8) is 0 Å². The van der Waals surface area contributed by atoms with Crippen molar-refractivity contribution in [2.75, 3.05) is 25.0 Å². The molecule has 1 saturated heterocycles. The Hall–Kier alpha value is -2.59. The van der Waals surface area contributed by atoms with E-state index in [4.69, 9.17) is 0 Å². The molecule has 3 unspecified atom stereocenters. The van der Waals surface area contributed by atoms with E-state index in [-0.39, 0.29) is 72.7 Å². The normalized spacial score (nSPS) is 27.6. The molecule has 1 heterocycles. The summed E-state index contributed by atoms with van der Waals surface area (Å²) in [5.74, 6) is -4.34. The molecule has 5 N–H and O–H groups in total. The van der Waals surface area contributed by atoms with Crippen LogP contribution in [0.1, 0.15) is 41.6 Å². The molecule has 0 saturated carbocycles. The molecular formula is C24H28Cl2N2O7. The Labute approximate surface area is 214 Å². The molecule has 5 rings (SSSR count). The van der Waals surface area contributed by atoms with E-state index in [9.17, 15) is 34.8 Å². The Bertz CT molecular complexity index is 1140. The van der Waals surface area contributed by atoms with Crippen LogP contribution in [0.4, 0.5) is 5.69 Å². The number of Topliss-reactive ketones (excluding diaryl/α,β-unsaturated/α-hetero) is 1. The number of phenols is 1. The maximum absolute atomic E-state index is 13.4. The van der Waals surface area contributed by atoms with Gasteiger partial charge in [-0.1, -0.05) is 6.07 Å². The lowest BCUT2D eigenvalue weighted by Gasteiger charge is -2.44. The predicted octanol–water partition coefficient (Wildman–Crippen LogP) is 2.60. The zero-order valence-corrected chi connectivity index (χ0v) is 20.5. The number of carbonyl (C=O) groups is 3. The topological polar surface area (TPSA) is 147 Å². The van der Waals surface area contributed by atoms with Crippen LogP contribution in [0.3, 0.4) is 0 Å². The van der Waals surface area contributed by atoms with Crippen molar-refractivity contribution in [3.8, 4) is 5.75 Å². The number of ketones is 2. The summed E-state index contributed by atoms with van der Waals surface area (Å²) in [6.07, 6.45) is 3.50. The molecule has 9 nitrogen and oxygen atoms in total. The number of nitrogens with one attached hydrogen (secondary N) is 1. The first kappa shape index (κ1) is 27.0. The molecule has 35 heavy (non-hydrogen) atoms. The SMILES string of the molecule is Cl.Cl.O=C(CN1CCCC1)Nc1ccc2c(c1O)C(=O)C1=C(O)C3(O)C(=O)C=C(O)CC3CC1C2. The zero-order chi connectivity index (χ0) is 23.5. The number of benzene rings is 1. The van der Waals surface area contributed by atoms with E-state index in [2.05, 4.69) is 5.32 Å². The number of phenolic OH excluding ortho intramolecular Hbond substituents is 1. The molecule has 1 aliphatic heterocycles. The lowest BCUT2D eigenvalue weighted by Crippen LogP contribution is -2.54. The van der Waals surface area contributed by atoms with Gasteiger partial charge >= 0.3 is 0 Å². The summed E-state index contributed by atoms with van der Waals surface area (Å²) in [4.78, 5) is 40.3. The first-order valence-electron chi connectivity index (χ1n) is 11.2. The van der Waals surface area contributed by atoms with Gasteiger partial charge in [0, 0.05) is 24.0 Å². The monoisotopic (exact) mass is 526 g/mol. The summed E-state index contributed by atoms with van der Waals surface area (Å²) >= 11 is 0. The maximum atomic E-state index is 13.4. The van der Waals surface area contributed by atoms with Crippen LogP contribution in [0.5, 0.6) is 5.75 Å². The molecule has 3 atom stereocenters. The number of halogens is 2. The molecule has 0 spiro atoms. The van der Waals surface area contributed by atoms with Crippen LogP contribution in [0.25, 0.3) is 0 Å². The van der Waals surface area contributed by atoms with E-state index in [0.717, 1.165) is 32.0 Å². The third kappa shape index (κ3) is 4.31. The minimum atomic E-state index is -2.28. The van der Waals surface area contributed by atoms with E-state index >= 15 is 0 Å². The fraction of sp³-hybridized carbons (Fsp3) is 0.458. The number of carbonyl (C=O) groups excluding carboxylic acids is 3. The molecule has 11 heteroatoms. The number of likely N-dealkylation sites (tertiary alicyclic amines) is 1. The van der Waals surface area contributed by atoms with Crippen molar-refractivity contribution < 1.29 is 34.8 Å². The number of aromatic hydroxyl groups is 1. The van der Waals surface area contributed by atoms with Crippen molar-refractivity contribution in [2.45, 2.75) is 37.7 Å². The van der Waals surface area contributed by atoms with Crippen LogP contribution in [-0.2, 0) is 16.0 Å². The lowest BCUT2D eigenvalue weighted by atomic mass is 9.61. The van der Waals surface area contributed by atoms with Crippen molar-refractivity contribution in [2.24, 2.45) is 11.8 Å². The maximum Gasteiger partial charge on any atom is 0.238 e. The smallest absolute Gasteiger partial charge is 0.238 e. The zero-order valence-electron chi connectivity index (χ0n) is 18.8. The van der Waals surface area contributed by atoms with Gasteiger partial charge in [-0.3, -0.25) is 19.3 Å². The highest BCUT2D eigenvalue weighted by Crippen LogP contribution is 2.50. The van der Waals surface area contributed by atoms with E-state index in [1.165, 1.54) is 0 Å². The van der Waals surface area contributed by atoms with Gasteiger partial charge in [-0.05, 0) is 56.3 Å². The van der Waals surface area contributed by atoms with E-state index in [0.29, 0.717) is 12.0 Å². The van der Waals surface area contributed by atoms with Gasteiger partial charge in [0.05, 0.1) is 23.6 Å². The Kier molecular flexibility index (Phi) is 7.57. The fourth-order valence-corrected chi connectivity index (χ4v) is 5.71. The minimum Gasteiger partial charge on any atom is -0.512 e. The van der Waals surface area contributed by atoms with E-state index in [1.54, 1.807) is 12.1 Å². The first-order valence-corrected chi connectivity index (χ1v) is 11.2. The largest absolute Gasteiger partial charge is 0.512 e. The summed E-state index contributed by atoms with van der Waals surface area (Å²) < 4.78 is 0. The second-order valence-electron chi connectivity index (χ2n) is 9.42.